The van der Waals surface area contributed by atoms with Crippen LogP contribution >= 0.6 is 0 Å². The van der Waals surface area contributed by atoms with E-state index >= 15 is 0 Å². The number of likely N-dealkylation sites (N-methyl/N-ethyl adjacent to an activating group) is 1. The molecule has 5 nitrogen and oxygen atoms in total. The lowest BCUT2D eigenvalue weighted by atomic mass is 9.77. The Morgan fingerprint density at radius 1 is 1.16 bits per heavy atom. The molecule has 1 fully saturated rings. The zero-order chi connectivity index (χ0) is 18.6. The van der Waals surface area contributed by atoms with Crippen molar-refractivity contribution in [2.75, 3.05) is 19.8 Å². The lowest BCUT2D eigenvalue weighted by molar-refractivity contribution is 0.00578. The monoisotopic (exact) mass is 363 g/mol. The van der Waals surface area contributed by atoms with Gasteiger partial charge in [-0.1, -0.05) is 24.3 Å². The molecule has 3 rings (SSSR count). The summed E-state index contributed by atoms with van der Waals surface area (Å²) in [5.74, 6) is 0. The first-order valence-electron chi connectivity index (χ1n) is 8.50. The van der Waals surface area contributed by atoms with Gasteiger partial charge in [-0.25, -0.2) is 12.7 Å². The van der Waals surface area contributed by atoms with Crippen LogP contribution in [0.5, 0.6) is 0 Å². The summed E-state index contributed by atoms with van der Waals surface area (Å²) in [6, 6.07) is 6.17. The Morgan fingerprint density at radius 3 is 2.32 bits per heavy atom. The Kier molecular flexibility index (Phi) is 4.43. The van der Waals surface area contributed by atoms with Crippen molar-refractivity contribution in [2.24, 2.45) is 0 Å². The summed E-state index contributed by atoms with van der Waals surface area (Å²) >= 11 is 0. The van der Waals surface area contributed by atoms with Crippen LogP contribution in [0.15, 0.2) is 24.3 Å². The van der Waals surface area contributed by atoms with Gasteiger partial charge in [0.15, 0.2) is 0 Å². The van der Waals surface area contributed by atoms with E-state index in [4.69, 9.17) is 9.31 Å². The molecule has 1 aliphatic heterocycles. The van der Waals surface area contributed by atoms with Crippen LogP contribution in [0.4, 0.5) is 0 Å². The van der Waals surface area contributed by atoms with E-state index in [0.29, 0.717) is 6.54 Å². The third-order valence-electron chi connectivity index (χ3n) is 5.53. The highest BCUT2D eigenvalue weighted by atomic mass is 32.2. The molecule has 0 radical (unpaired) electrons. The Bertz CT molecular complexity index is 813. The number of fused-ring (bicyclic) bond motifs is 1. The first kappa shape index (κ1) is 18.6. The smallest absolute Gasteiger partial charge is 0.399 e. The average molecular weight is 363 g/mol. The maximum Gasteiger partial charge on any atom is 0.494 e. The summed E-state index contributed by atoms with van der Waals surface area (Å²) in [7, 11) is -1.96. The highest BCUT2D eigenvalue weighted by Crippen LogP contribution is 2.37. The molecule has 0 amide bonds. The van der Waals surface area contributed by atoms with Gasteiger partial charge in [-0.05, 0) is 56.3 Å². The van der Waals surface area contributed by atoms with Crippen LogP contribution in [0.1, 0.15) is 38.8 Å². The van der Waals surface area contributed by atoms with Gasteiger partial charge in [0.1, 0.15) is 0 Å². The van der Waals surface area contributed by atoms with Crippen LogP contribution in [0.25, 0.3) is 5.57 Å². The molecule has 1 saturated heterocycles. The van der Waals surface area contributed by atoms with Crippen molar-refractivity contribution < 1.29 is 17.7 Å². The van der Waals surface area contributed by atoms with Crippen LogP contribution in [0.3, 0.4) is 0 Å². The molecule has 2 aliphatic rings. The number of allylic oxidation sites excluding steroid dienone is 1. The summed E-state index contributed by atoms with van der Waals surface area (Å²) in [5.41, 5.74) is 3.61. The van der Waals surface area contributed by atoms with Gasteiger partial charge < -0.3 is 9.31 Å². The molecule has 1 aliphatic carbocycles. The summed E-state index contributed by atoms with van der Waals surface area (Å²) in [5, 5.41) is 0. The Labute approximate surface area is 151 Å². The molecule has 0 saturated carbocycles. The lowest BCUT2D eigenvalue weighted by Gasteiger charge is -2.32. The highest BCUT2D eigenvalue weighted by Gasteiger charge is 2.51. The normalized spacial score (nSPS) is 21.6. The number of nitrogens with zero attached hydrogens (tertiary/aromatic N) is 1. The van der Waals surface area contributed by atoms with E-state index in [-0.39, 0.29) is 18.3 Å². The van der Waals surface area contributed by atoms with Gasteiger partial charge in [0, 0.05) is 13.6 Å². The van der Waals surface area contributed by atoms with Crippen LogP contribution < -0.4 is 5.46 Å². The van der Waals surface area contributed by atoms with Gasteiger partial charge in [0.25, 0.3) is 0 Å². The average Bonchev–Trinajstić information content (AvgIpc) is 2.96. The molecule has 1 aromatic carbocycles. The molecule has 136 valence electrons. The number of hydrogen-bond donors (Lipinski definition) is 0. The molecule has 0 spiro atoms. The molecule has 1 aromatic rings. The predicted molar refractivity (Wildman–Crippen MR) is 101 cm³/mol. The van der Waals surface area contributed by atoms with Gasteiger partial charge in [-0.2, -0.15) is 0 Å². The molecule has 0 unspecified atom stereocenters. The van der Waals surface area contributed by atoms with Gasteiger partial charge >= 0.3 is 7.12 Å². The van der Waals surface area contributed by atoms with Crippen molar-refractivity contribution in [1.29, 1.82) is 0 Å². The number of benzene rings is 1. The summed E-state index contributed by atoms with van der Waals surface area (Å²) in [6.07, 6.45) is 4.13. The fourth-order valence-corrected chi connectivity index (χ4v) is 3.45. The van der Waals surface area contributed by atoms with Crippen molar-refractivity contribution in [3.05, 3.63) is 35.4 Å². The van der Waals surface area contributed by atoms with Crippen molar-refractivity contribution in [1.82, 2.24) is 4.31 Å². The van der Waals surface area contributed by atoms with Gasteiger partial charge in [0.2, 0.25) is 10.0 Å². The van der Waals surface area contributed by atoms with Crippen LogP contribution in [-0.2, 0) is 25.8 Å². The molecule has 0 atom stereocenters. The van der Waals surface area contributed by atoms with Crippen molar-refractivity contribution in [3.63, 3.8) is 0 Å². The Balaban J connectivity index is 1.80. The van der Waals surface area contributed by atoms with Crippen LogP contribution in [0.2, 0.25) is 0 Å². The van der Waals surface area contributed by atoms with E-state index in [1.165, 1.54) is 16.1 Å². The molecule has 7 heteroatoms. The largest absolute Gasteiger partial charge is 0.494 e. The van der Waals surface area contributed by atoms with Gasteiger partial charge in [-0.15, -0.1) is 0 Å². The molecular weight excluding hydrogens is 337 g/mol. The van der Waals surface area contributed by atoms with E-state index in [9.17, 15) is 8.42 Å². The van der Waals surface area contributed by atoms with E-state index in [0.717, 1.165) is 23.0 Å². The second kappa shape index (κ2) is 5.94. The fraction of sp³-hybridized carbons (Fsp3) is 0.556. The Morgan fingerprint density at radius 2 is 1.76 bits per heavy atom. The van der Waals surface area contributed by atoms with E-state index in [1.807, 2.05) is 39.8 Å². The predicted octanol–water partition coefficient (Wildman–Crippen LogP) is 1.82. The molecule has 0 N–H and O–H groups in total. The zero-order valence-corrected chi connectivity index (χ0v) is 16.6. The van der Waals surface area contributed by atoms with Crippen molar-refractivity contribution in [3.8, 4) is 0 Å². The quantitative estimate of drug-likeness (QED) is 0.766. The summed E-state index contributed by atoms with van der Waals surface area (Å²) in [4.78, 5) is 0. The molecule has 0 bridgehead atoms. The fourth-order valence-electron chi connectivity index (χ4n) is 3.07. The minimum atomic E-state index is -3.19. The summed E-state index contributed by atoms with van der Waals surface area (Å²) < 4.78 is 36.9. The SMILES string of the molecule is CN(CC1=CCc2cc(B3OC(C)(C)C(C)(C)O3)ccc21)S(C)(=O)=O. The van der Waals surface area contributed by atoms with Gasteiger partial charge in [0.05, 0.1) is 17.5 Å². The minimum Gasteiger partial charge on any atom is -0.399 e. The summed E-state index contributed by atoms with van der Waals surface area (Å²) in [6.45, 7) is 8.56. The third kappa shape index (κ3) is 3.43. The first-order chi connectivity index (χ1) is 11.4. The number of sulfonamides is 1. The van der Waals surface area contributed by atoms with E-state index < -0.39 is 10.0 Å². The Hall–Kier alpha value is -1.15. The standard InChI is InChI=1S/C18H26BNO4S/c1-17(2)18(3,4)24-19(23-17)15-9-10-16-13(11-15)7-8-14(16)12-20(5)25(6,21)22/h8-11H,7,12H2,1-6H3. The maximum absolute atomic E-state index is 11.6. The second-order valence-electron chi connectivity index (χ2n) is 7.96. The maximum atomic E-state index is 11.6. The molecule has 0 aromatic heterocycles. The molecular formula is C18H26BNO4S. The van der Waals surface area contributed by atoms with Crippen molar-refractivity contribution in [2.45, 2.75) is 45.3 Å². The van der Waals surface area contributed by atoms with Gasteiger partial charge in [-0.3, -0.25) is 0 Å². The first-order valence-corrected chi connectivity index (χ1v) is 10.3. The number of hydrogen-bond acceptors (Lipinski definition) is 4. The van der Waals surface area contributed by atoms with E-state index in [1.54, 1.807) is 7.05 Å². The number of rotatable bonds is 4. The zero-order valence-electron chi connectivity index (χ0n) is 15.8. The van der Waals surface area contributed by atoms with E-state index in [2.05, 4.69) is 12.1 Å². The topological polar surface area (TPSA) is 55.8 Å². The highest BCUT2D eigenvalue weighted by molar-refractivity contribution is 7.88. The molecule has 25 heavy (non-hydrogen) atoms. The second-order valence-corrected chi connectivity index (χ2v) is 10.0. The minimum absolute atomic E-state index is 0.363. The molecule has 1 heterocycles. The van der Waals surface area contributed by atoms with Crippen LogP contribution in [-0.4, -0.2) is 50.9 Å². The lowest BCUT2D eigenvalue weighted by Crippen LogP contribution is -2.41. The van der Waals surface area contributed by atoms with Crippen molar-refractivity contribution >= 4 is 28.2 Å². The third-order valence-corrected chi connectivity index (χ3v) is 6.79. The van der Waals surface area contributed by atoms with Crippen LogP contribution in [0, 0.1) is 0 Å².